The monoisotopic (exact) mass is 339 g/mol. The second-order valence-electron chi connectivity index (χ2n) is 6.62. The highest BCUT2D eigenvalue weighted by molar-refractivity contribution is 5.39. The van der Waals surface area contributed by atoms with Gasteiger partial charge in [-0.1, -0.05) is 101 Å². The number of benzene rings is 2. The highest BCUT2D eigenvalue weighted by atomic mass is 15.1. The van der Waals surface area contributed by atoms with Crippen molar-refractivity contribution in [2.45, 2.75) is 58.8 Å². The molecule has 0 N–H and O–H groups in total. The molecule has 2 aromatic rings. The van der Waals surface area contributed by atoms with Crippen molar-refractivity contribution in [2.75, 3.05) is 20.1 Å². The first-order chi connectivity index (χ1) is 12.2. The fraction of sp³-hybridized carbons (Fsp3) is 0.500. The molecular weight excluding hydrogens is 302 g/mol. The lowest BCUT2D eigenvalue weighted by atomic mass is 9.68. The van der Waals surface area contributed by atoms with E-state index in [1.54, 1.807) is 0 Å². The van der Waals surface area contributed by atoms with Gasteiger partial charge in [-0.15, -0.1) is 0 Å². The van der Waals surface area contributed by atoms with Gasteiger partial charge in [0, 0.05) is 5.41 Å². The molecule has 1 heterocycles. The summed E-state index contributed by atoms with van der Waals surface area (Å²) < 4.78 is 0. The predicted octanol–water partition coefficient (Wildman–Crippen LogP) is 6.53. The molecule has 1 saturated heterocycles. The Bertz CT molecular complexity index is 495. The molecule has 1 aliphatic rings. The lowest BCUT2D eigenvalue weighted by Crippen LogP contribution is -2.41. The highest BCUT2D eigenvalue weighted by Crippen LogP contribution is 2.41. The van der Waals surface area contributed by atoms with Gasteiger partial charge in [0.2, 0.25) is 0 Å². The van der Waals surface area contributed by atoms with Crippen molar-refractivity contribution in [2.24, 2.45) is 0 Å². The Morgan fingerprint density at radius 3 is 1.40 bits per heavy atom. The average Bonchev–Trinajstić information content (AvgIpc) is 2.72. The van der Waals surface area contributed by atoms with Gasteiger partial charge in [0.15, 0.2) is 0 Å². The summed E-state index contributed by atoms with van der Waals surface area (Å²) in [6, 6.07) is 22.0. The third-order valence-corrected chi connectivity index (χ3v) is 4.99. The summed E-state index contributed by atoms with van der Waals surface area (Å²) in [7, 11) is 2.22. The van der Waals surface area contributed by atoms with Crippen LogP contribution in [0, 0.1) is 0 Å². The number of likely N-dealkylation sites (tertiary alicyclic amines) is 1. The molecule has 3 rings (SSSR count). The summed E-state index contributed by atoms with van der Waals surface area (Å²) in [5.74, 6) is 0. The van der Waals surface area contributed by atoms with E-state index in [-0.39, 0.29) is 5.41 Å². The molecule has 0 unspecified atom stereocenters. The lowest BCUT2D eigenvalue weighted by Gasteiger charge is -2.41. The van der Waals surface area contributed by atoms with Crippen LogP contribution in [0.5, 0.6) is 0 Å². The van der Waals surface area contributed by atoms with Gasteiger partial charge in [0.1, 0.15) is 0 Å². The van der Waals surface area contributed by atoms with Crippen molar-refractivity contribution in [3.8, 4) is 0 Å². The number of piperidine rings is 1. The third kappa shape index (κ3) is 6.01. The number of unbranched alkanes of at least 4 members (excludes halogenated alkanes) is 1. The smallest absolute Gasteiger partial charge is 0.0227 e. The van der Waals surface area contributed by atoms with Crippen LogP contribution in [-0.4, -0.2) is 25.0 Å². The summed E-state index contributed by atoms with van der Waals surface area (Å²) in [6.07, 6.45) is 5.05. The summed E-state index contributed by atoms with van der Waals surface area (Å²) >= 11 is 0. The topological polar surface area (TPSA) is 3.24 Å². The molecule has 0 aromatic heterocycles. The van der Waals surface area contributed by atoms with Crippen LogP contribution in [0.25, 0.3) is 0 Å². The van der Waals surface area contributed by atoms with Crippen molar-refractivity contribution in [1.29, 1.82) is 0 Å². The second-order valence-corrected chi connectivity index (χ2v) is 6.62. The zero-order chi connectivity index (χ0) is 18.5. The van der Waals surface area contributed by atoms with Crippen LogP contribution < -0.4 is 0 Å². The number of hydrogen-bond donors (Lipinski definition) is 0. The predicted molar refractivity (Wildman–Crippen MR) is 112 cm³/mol. The minimum atomic E-state index is 0.203. The fourth-order valence-corrected chi connectivity index (χ4v) is 3.26. The maximum absolute atomic E-state index is 2.43. The SMILES string of the molecule is CC.CCCC.CN1CCC(c2ccccc2)(c2ccccc2)CC1. The zero-order valence-electron chi connectivity index (χ0n) is 17.0. The van der Waals surface area contributed by atoms with Crippen LogP contribution in [0.3, 0.4) is 0 Å². The minimum absolute atomic E-state index is 0.203. The lowest BCUT2D eigenvalue weighted by molar-refractivity contribution is 0.213. The van der Waals surface area contributed by atoms with Crippen molar-refractivity contribution in [3.05, 3.63) is 71.8 Å². The van der Waals surface area contributed by atoms with Crippen molar-refractivity contribution >= 4 is 0 Å². The molecule has 0 atom stereocenters. The van der Waals surface area contributed by atoms with Gasteiger partial charge in [0.25, 0.3) is 0 Å². The fourth-order valence-electron chi connectivity index (χ4n) is 3.26. The molecule has 0 saturated carbocycles. The molecule has 2 aromatic carbocycles. The molecule has 0 bridgehead atoms. The largest absolute Gasteiger partial charge is 0.306 e. The Labute approximate surface area is 156 Å². The quantitative estimate of drug-likeness (QED) is 0.614. The van der Waals surface area contributed by atoms with E-state index in [9.17, 15) is 0 Å². The first-order valence-electron chi connectivity index (χ1n) is 10.0. The Morgan fingerprint density at radius 2 is 1.08 bits per heavy atom. The second kappa shape index (κ2) is 11.9. The summed E-state index contributed by atoms with van der Waals surface area (Å²) in [5, 5.41) is 0. The van der Waals surface area contributed by atoms with Crippen LogP contribution in [-0.2, 0) is 5.41 Å². The zero-order valence-corrected chi connectivity index (χ0v) is 17.0. The maximum atomic E-state index is 2.43. The molecule has 138 valence electrons. The molecule has 0 radical (unpaired) electrons. The van der Waals surface area contributed by atoms with Crippen molar-refractivity contribution in [3.63, 3.8) is 0 Å². The number of rotatable bonds is 3. The molecule has 0 aliphatic carbocycles. The molecule has 1 aliphatic heterocycles. The Morgan fingerprint density at radius 1 is 0.720 bits per heavy atom. The van der Waals surface area contributed by atoms with E-state index in [0.717, 1.165) is 0 Å². The third-order valence-electron chi connectivity index (χ3n) is 4.99. The minimum Gasteiger partial charge on any atom is -0.306 e. The van der Waals surface area contributed by atoms with E-state index in [1.165, 1.54) is 49.9 Å². The molecule has 1 fully saturated rings. The van der Waals surface area contributed by atoms with Gasteiger partial charge in [-0.05, 0) is 44.1 Å². The molecule has 1 nitrogen and oxygen atoms in total. The summed E-state index contributed by atoms with van der Waals surface area (Å²) in [6.45, 7) is 10.7. The van der Waals surface area contributed by atoms with Gasteiger partial charge in [-0.25, -0.2) is 0 Å². The van der Waals surface area contributed by atoms with Crippen LogP contribution in [0.1, 0.15) is 64.5 Å². The van der Waals surface area contributed by atoms with E-state index < -0.39 is 0 Å². The van der Waals surface area contributed by atoms with E-state index in [4.69, 9.17) is 0 Å². The number of nitrogens with zero attached hydrogens (tertiary/aromatic N) is 1. The molecular formula is C24H37N. The standard InChI is InChI=1S/C18H21N.C4H10.C2H6/c1-19-14-12-18(13-15-19,16-8-4-2-5-9-16)17-10-6-3-7-11-17;1-3-4-2;1-2/h2-11H,12-15H2,1H3;3-4H2,1-2H3;1-2H3. The van der Waals surface area contributed by atoms with Crippen LogP contribution in [0.4, 0.5) is 0 Å². The van der Waals surface area contributed by atoms with Gasteiger partial charge in [0.05, 0.1) is 0 Å². The molecule has 0 amide bonds. The first kappa shape index (κ1) is 21.4. The molecule has 1 heteroatoms. The number of hydrogen-bond acceptors (Lipinski definition) is 1. The van der Waals surface area contributed by atoms with Gasteiger partial charge < -0.3 is 4.90 Å². The van der Waals surface area contributed by atoms with Crippen molar-refractivity contribution in [1.82, 2.24) is 4.90 Å². The Balaban J connectivity index is 0.000000461. The Hall–Kier alpha value is -1.60. The van der Waals surface area contributed by atoms with E-state index >= 15 is 0 Å². The van der Waals surface area contributed by atoms with E-state index in [2.05, 4.69) is 86.5 Å². The Kier molecular flexibility index (Phi) is 10.2. The van der Waals surface area contributed by atoms with E-state index in [0.29, 0.717) is 0 Å². The molecule has 0 spiro atoms. The first-order valence-corrected chi connectivity index (χ1v) is 10.0. The van der Waals surface area contributed by atoms with Crippen molar-refractivity contribution < 1.29 is 0 Å². The van der Waals surface area contributed by atoms with E-state index in [1.807, 2.05) is 13.8 Å². The average molecular weight is 340 g/mol. The molecule has 25 heavy (non-hydrogen) atoms. The van der Waals surface area contributed by atoms with Gasteiger partial charge >= 0.3 is 0 Å². The normalized spacial score (nSPS) is 16.0. The van der Waals surface area contributed by atoms with Crippen LogP contribution in [0.2, 0.25) is 0 Å². The summed E-state index contributed by atoms with van der Waals surface area (Å²) in [5.41, 5.74) is 3.14. The van der Waals surface area contributed by atoms with Crippen LogP contribution >= 0.6 is 0 Å². The maximum Gasteiger partial charge on any atom is 0.0227 e. The van der Waals surface area contributed by atoms with Gasteiger partial charge in [-0.3, -0.25) is 0 Å². The summed E-state index contributed by atoms with van der Waals surface area (Å²) in [4.78, 5) is 2.43. The van der Waals surface area contributed by atoms with Gasteiger partial charge in [-0.2, -0.15) is 0 Å². The van der Waals surface area contributed by atoms with Crippen LogP contribution in [0.15, 0.2) is 60.7 Å². The highest BCUT2D eigenvalue weighted by Gasteiger charge is 2.36.